The SMILES string of the molecule is NC1CCCCC1Nc1ccc2c(c1)NC(=O)CO2. The van der Waals surface area contributed by atoms with Gasteiger partial charge in [0.25, 0.3) is 5.91 Å². The number of nitrogens with one attached hydrogen (secondary N) is 2. The first-order valence-corrected chi connectivity index (χ1v) is 6.81. The van der Waals surface area contributed by atoms with Crippen LogP contribution in [0.4, 0.5) is 11.4 Å². The Morgan fingerprint density at radius 3 is 3.00 bits per heavy atom. The maximum atomic E-state index is 11.3. The summed E-state index contributed by atoms with van der Waals surface area (Å²) in [5.74, 6) is 0.608. The van der Waals surface area contributed by atoms with Crippen molar-refractivity contribution in [1.82, 2.24) is 0 Å². The average molecular weight is 261 g/mol. The first-order chi connectivity index (χ1) is 9.22. The lowest BCUT2D eigenvalue weighted by Gasteiger charge is -2.30. The van der Waals surface area contributed by atoms with E-state index in [0.717, 1.165) is 30.0 Å². The Balaban J connectivity index is 1.74. The van der Waals surface area contributed by atoms with E-state index in [1.807, 2.05) is 18.2 Å². The van der Waals surface area contributed by atoms with Crippen LogP contribution in [0.3, 0.4) is 0 Å². The van der Waals surface area contributed by atoms with Crippen molar-refractivity contribution in [2.24, 2.45) is 5.73 Å². The summed E-state index contributed by atoms with van der Waals surface area (Å²) in [5.41, 5.74) is 7.84. The summed E-state index contributed by atoms with van der Waals surface area (Å²) in [5, 5.41) is 6.28. The summed E-state index contributed by atoms with van der Waals surface area (Å²) in [6.45, 7) is 0.0905. The number of ether oxygens (including phenoxy) is 1. The fourth-order valence-electron chi connectivity index (χ4n) is 2.73. The van der Waals surface area contributed by atoms with Crippen molar-refractivity contribution in [3.63, 3.8) is 0 Å². The lowest BCUT2D eigenvalue weighted by molar-refractivity contribution is -0.118. The molecular weight excluding hydrogens is 242 g/mol. The molecule has 0 saturated heterocycles. The Labute approximate surface area is 112 Å². The first kappa shape index (κ1) is 12.3. The van der Waals surface area contributed by atoms with E-state index in [1.54, 1.807) is 0 Å². The third-order valence-electron chi connectivity index (χ3n) is 3.78. The summed E-state index contributed by atoms with van der Waals surface area (Å²) in [7, 11) is 0. The van der Waals surface area contributed by atoms with Crippen LogP contribution in [0.15, 0.2) is 18.2 Å². The average Bonchev–Trinajstić information content (AvgIpc) is 2.41. The topological polar surface area (TPSA) is 76.4 Å². The highest BCUT2D eigenvalue weighted by atomic mass is 16.5. The van der Waals surface area contributed by atoms with Crippen LogP contribution in [0, 0.1) is 0 Å². The fraction of sp³-hybridized carbons (Fsp3) is 0.500. The zero-order valence-electron chi connectivity index (χ0n) is 10.8. The first-order valence-electron chi connectivity index (χ1n) is 6.81. The summed E-state index contributed by atoms with van der Waals surface area (Å²) in [6, 6.07) is 6.28. The van der Waals surface area contributed by atoms with Gasteiger partial charge in [0.2, 0.25) is 0 Å². The number of hydrogen-bond donors (Lipinski definition) is 3. The van der Waals surface area contributed by atoms with Gasteiger partial charge in [-0.15, -0.1) is 0 Å². The second-order valence-electron chi connectivity index (χ2n) is 5.25. The summed E-state index contributed by atoms with van der Waals surface area (Å²) >= 11 is 0. The Morgan fingerprint density at radius 2 is 2.16 bits per heavy atom. The van der Waals surface area contributed by atoms with Gasteiger partial charge in [-0.3, -0.25) is 4.79 Å². The summed E-state index contributed by atoms with van der Waals surface area (Å²) in [4.78, 5) is 11.3. The van der Waals surface area contributed by atoms with Crippen molar-refractivity contribution >= 4 is 17.3 Å². The minimum absolute atomic E-state index is 0.0905. The van der Waals surface area contributed by atoms with E-state index in [-0.39, 0.29) is 18.6 Å². The smallest absolute Gasteiger partial charge is 0.262 e. The number of carbonyl (C=O) groups is 1. The second-order valence-corrected chi connectivity index (χ2v) is 5.25. The molecule has 1 heterocycles. The van der Waals surface area contributed by atoms with E-state index >= 15 is 0 Å². The molecule has 1 aromatic carbocycles. The molecule has 3 rings (SSSR count). The molecule has 4 N–H and O–H groups in total. The predicted octanol–water partition coefficient (Wildman–Crippen LogP) is 1.70. The molecule has 2 unspecified atom stereocenters. The molecule has 102 valence electrons. The second kappa shape index (κ2) is 5.09. The predicted molar refractivity (Wildman–Crippen MR) is 74.4 cm³/mol. The molecule has 1 aliphatic heterocycles. The summed E-state index contributed by atoms with van der Waals surface area (Å²) < 4.78 is 5.34. The molecule has 1 saturated carbocycles. The molecule has 0 bridgehead atoms. The van der Waals surface area contributed by atoms with Crippen LogP contribution in [-0.4, -0.2) is 24.6 Å². The highest BCUT2D eigenvalue weighted by Crippen LogP contribution is 2.31. The van der Waals surface area contributed by atoms with E-state index < -0.39 is 0 Å². The maximum Gasteiger partial charge on any atom is 0.262 e. The van der Waals surface area contributed by atoms with Crippen molar-refractivity contribution in [2.45, 2.75) is 37.8 Å². The van der Waals surface area contributed by atoms with Crippen LogP contribution >= 0.6 is 0 Å². The molecule has 1 aromatic rings. The molecule has 1 fully saturated rings. The van der Waals surface area contributed by atoms with Crippen LogP contribution < -0.4 is 21.1 Å². The molecule has 1 aliphatic carbocycles. The molecular formula is C14H19N3O2. The number of benzene rings is 1. The van der Waals surface area contributed by atoms with Crippen LogP contribution in [0.25, 0.3) is 0 Å². The highest BCUT2D eigenvalue weighted by Gasteiger charge is 2.22. The van der Waals surface area contributed by atoms with Crippen LogP contribution in [-0.2, 0) is 4.79 Å². The largest absolute Gasteiger partial charge is 0.482 e. The van der Waals surface area contributed by atoms with Gasteiger partial charge in [0.05, 0.1) is 5.69 Å². The van der Waals surface area contributed by atoms with Crippen molar-refractivity contribution in [3.05, 3.63) is 18.2 Å². The van der Waals surface area contributed by atoms with Crippen molar-refractivity contribution in [1.29, 1.82) is 0 Å². The number of amides is 1. The van der Waals surface area contributed by atoms with Gasteiger partial charge < -0.3 is 21.1 Å². The zero-order chi connectivity index (χ0) is 13.2. The van der Waals surface area contributed by atoms with Crippen molar-refractivity contribution in [3.8, 4) is 5.75 Å². The van der Waals surface area contributed by atoms with Gasteiger partial charge in [-0.05, 0) is 31.0 Å². The van der Waals surface area contributed by atoms with E-state index in [4.69, 9.17) is 10.5 Å². The fourth-order valence-corrected chi connectivity index (χ4v) is 2.73. The Hall–Kier alpha value is -1.75. The number of anilines is 2. The van der Waals surface area contributed by atoms with Gasteiger partial charge in [-0.2, -0.15) is 0 Å². The summed E-state index contributed by atoms with van der Waals surface area (Å²) in [6.07, 6.45) is 4.60. The number of nitrogens with two attached hydrogens (primary N) is 1. The lowest BCUT2D eigenvalue weighted by atomic mass is 9.91. The minimum Gasteiger partial charge on any atom is -0.482 e. The van der Waals surface area contributed by atoms with Crippen molar-refractivity contribution < 1.29 is 9.53 Å². The standard InChI is InChI=1S/C14H19N3O2/c15-10-3-1-2-4-11(10)16-9-5-6-13-12(7-9)17-14(18)8-19-13/h5-7,10-11,16H,1-4,8,15H2,(H,17,18). The van der Waals surface area contributed by atoms with E-state index in [0.29, 0.717) is 6.04 Å². The third-order valence-corrected chi connectivity index (χ3v) is 3.78. The Bertz CT molecular complexity index is 490. The molecule has 1 amide bonds. The molecule has 5 heteroatoms. The van der Waals surface area contributed by atoms with Gasteiger partial charge in [-0.25, -0.2) is 0 Å². The molecule has 0 spiro atoms. The Morgan fingerprint density at radius 1 is 1.32 bits per heavy atom. The molecule has 2 atom stereocenters. The number of rotatable bonds is 2. The third kappa shape index (κ3) is 2.66. The normalized spacial score (nSPS) is 26.1. The van der Waals surface area contributed by atoms with Gasteiger partial charge in [0.1, 0.15) is 5.75 Å². The minimum atomic E-state index is -0.112. The number of fused-ring (bicyclic) bond motifs is 1. The van der Waals surface area contributed by atoms with Gasteiger partial charge >= 0.3 is 0 Å². The lowest BCUT2D eigenvalue weighted by Crippen LogP contribution is -2.42. The van der Waals surface area contributed by atoms with Crippen LogP contribution in [0.2, 0.25) is 0 Å². The monoisotopic (exact) mass is 261 g/mol. The quantitative estimate of drug-likeness (QED) is 0.757. The highest BCUT2D eigenvalue weighted by molar-refractivity contribution is 5.96. The van der Waals surface area contributed by atoms with Gasteiger partial charge in [-0.1, -0.05) is 12.8 Å². The van der Waals surface area contributed by atoms with Gasteiger partial charge in [0.15, 0.2) is 6.61 Å². The van der Waals surface area contributed by atoms with Gasteiger partial charge in [0, 0.05) is 17.8 Å². The Kier molecular flexibility index (Phi) is 3.29. The molecule has 5 nitrogen and oxygen atoms in total. The van der Waals surface area contributed by atoms with E-state index in [9.17, 15) is 4.79 Å². The van der Waals surface area contributed by atoms with Crippen LogP contribution in [0.5, 0.6) is 5.75 Å². The zero-order valence-corrected chi connectivity index (χ0v) is 10.8. The molecule has 0 radical (unpaired) electrons. The van der Waals surface area contributed by atoms with Crippen LogP contribution in [0.1, 0.15) is 25.7 Å². The number of carbonyl (C=O) groups excluding carboxylic acids is 1. The molecule has 0 aromatic heterocycles. The number of hydrogen-bond acceptors (Lipinski definition) is 4. The maximum absolute atomic E-state index is 11.3. The van der Waals surface area contributed by atoms with E-state index in [1.165, 1.54) is 12.8 Å². The van der Waals surface area contributed by atoms with Crippen molar-refractivity contribution in [2.75, 3.05) is 17.2 Å². The molecule has 19 heavy (non-hydrogen) atoms. The van der Waals surface area contributed by atoms with E-state index in [2.05, 4.69) is 10.6 Å². The molecule has 2 aliphatic rings.